The summed E-state index contributed by atoms with van der Waals surface area (Å²) in [7, 11) is 1.81. The second-order valence-electron chi connectivity index (χ2n) is 4.60. The van der Waals surface area contributed by atoms with Crippen molar-refractivity contribution < 1.29 is 9.90 Å². The summed E-state index contributed by atoms with van der Waals surface area (Å²) in [6.07, 6.45) is 2.19. The van der Waals surface area contributed by atoms with Gasteiger partial charge in [0.15, 0.2) is 5.65 Å². The van der Waals surface area contributed by atoms with Gasteiger partial charge in [0.1, 0.15) is 0 Å². The lowest BCUT2D eigenvalue weighted by atomic mass is 10.1. The second kappa shape index (κ2) is 3.29. The van der Waals surface area contributed by atoms with Gasteiger partial charge in [0.25, 0.3) is 0 Å². The van der Waals surface area contributed by atoms with Crippen molar-refractivity contribution in [2.45, 2.75) is 25.7 Å². The molecule has 0 aliphatic heterocycles. The summed E-state index contributed by atoms with van der Waals surface area (Å²) < 4.78 is 1.68. The van der Waals surface area contributed by atoms with Crippen LogP contribution < -0.4 is 0 Å². The van der Waals surface area contributed by atoms with Crippen molar-refractivity contribution in [1.82, 2.24) is 14.8 Å². The fourth-order valence-electron chi connectivity index (χ4n) is 2.21. The van der Waals surface area contributed by atoms with Crippen LogP contribution in [0.5, 0.6) is 0 Å². The molecule has 2 aromatic heterocycles. The SMILES string of the molecule is Cc1cc(C(=O)O)c2c(C3CC3)nn(C)c2n1. The van der Waals surface area contributed by atoms with Crippen molar-refractivity contribution in [1.29, 1.82) is 0 Å². The third-order valence-electron chi connectivity index (χ3n) is 3.14. The summed E-state index contributed by atoms with van der Waals surface area (Å²) >= 11 is 0. The van der Waals surface area contributed by atoms with Crippen LogP contribution in [-0.2, 0) is 7.05 Å². The van der Waals surface area contributed by atoms with Gasteiger partial charge in [-0.3, -0.25) is 4.68 Å². The number of pyridine rings is 1. The van der Waals surface area contributed by atoms with Crippen molar-refractivity contribution in [3.8, 4) is 0 Å². The van der Waals surface area contributed by atoms with Gasteiger partial charge in [-0.15, -0.1) is 0 Å². The van der Waals surface area contributed by atoms with E-state index in [0.717, 1.165) is 18.5 Å². The number of aromatic carboxylic acids is 1. The average Bonchev–Trinajstić information content (AvgIpc) is 3.04. The number of carbonyl (C=O) groups is 1. The van der Waals surface area contributed by atoms with Crippen LogP contribution >= 0.6 is 0 Å². The maximum atomic E-state index is 11.3. The van der Waals surface area contributed by atoms with E-state index in [1.165, 1.54) is 0 Å². The minimum atomic E-state index is -0.907. The molecule has 1 fully saturated rings. The molecule has 17 heavy (non-hydrogen) atoms. The van der Waals surface area contributed by atoms with Gasteiger partial charge in [0.2, 0.25) is 0 Å². The molecule has 3 rings (SSSR count). The summed E-state index contributed by atoms with van der Waals surface area (Å²) in [5, 5.41) is 14.4. The minimum absolute atomic E-state index is 0.322. The summed E-state index contributed by atoms with van der Waals surface area (Å²) in [5.41, 5.74) is 2.60. The van der Waals surface area contributed by atoms with Crippen molar-refractivity contribution in [2.24, 2.45) is 7.05 Å². The molecule has 1 saturated carbocycles. The number of fused-ring (bicyclic) bond motifs is 1. The Morgan fingerprint density at radius 2 is 2.24 bits per heavy atom. The molecule has 5 nitrogen and oxygen atoms in total. The number of hydrogen-bond acceptors (Lipinski definition) is 3. The van der Waals surface area contributed by atoms with E-state index in [1.54, 1.807) is 17.7 Å². The number of rotatable bonds is 2. The molecule has 88 valence electrons. The highest BCUT2D eigenvalue weighted by Gasteiger charge is 2.31. The molecule has 0 aromatic carbocycles. The van der Waals surface area contributed by atoms with Gasteiger partial charge in [0, 0.05) is 18.7 Å². The van der Waals surface area contributed by atoms with Crippen molar-refractivity contribution in [2.75, 3.05) is 0 Å². The predicted molar refractivity (Wildman–Crippen MR) is 62.2 cm³/mol. The van der Waals surface area contributed by atoms with Crippen molar-refractivity contribution >= 4 is 17.0 Å². The molecule has 2 heterocycles. The molecule has 0 unspecified atom stereocenters. The van der Waals surface area contributed by atoms with Crippen molar-refractivity contribution in [3.63, 3.8) is 0 Å². The molecule has 0 spiro atoms. The van der Waals surface area contributed by atoms with E-state index in [-0.39, 0.29) is 0 Å². The summed E-state index contributed by atoms with van der Waals surface area (Å²) in [6, 6.07) is 1.62. The van der Waals surface area contributed by atoms with E-state index in [1.807, 2.05) is 7.05 Å². The Kier molecular flexibility index (Phi) is 1.98. The van der Waals surface area contributed by atoms with Gasteiger partial charge >= 0.3 is 5.97 Å². The Morgan fingerprint density at radius 1 is 1.53 bits per heavy atom. The lowest BCUT2D eigenvalue weighted by molar-refractivity contribution is 0.0699. The van der Waals surface area contributed by atoms with Crippen molar-refractivity contribution in [3.05, 3.63) is 23.0 Å². The molecule has 1 N–H and O–H groups in total. The summed E-state index contributed by atoms with van der Waals surface area (Å²) in [5.74, 6) is -0.489. The van der Waals surface area contributed by atoms with Gasteiger partial charge in [0.05, 0.1) is 16.6 Å². The molecular formula is C12H13N3O2. The predicted octanol–water partition coefficient (Wildman–Crippen LogP) is 1.85. The standard InChI is InChI=1S/C12H13N3O2/c1-6-5-8(12(16)17)9-10(7-3-4-7)14-15(2)11(9)13-6/h5,7H,3-4H2,1-2H3,(H,16,17). The molecule has 5 heteroatoms. The maximum Gasteiger partial charge on any atom is 0.336 e. The van der Waals surface area contributed by atoms with Crippen LogP contribution in [0.4, 0.5) is 0 Å². The topological polar surface area (TPSA) is 68.0 Å². The van der Waals surface area contributed by atoms with Crippen LogP contribution in [0.15, 0.2) is 6.07 Å². The van der Waals surface area contributed by atoms with Gasteiger partial charge < -0.3 is 5.11 Å². The molecule has 0 saturated heterocycles. The van der Waals surface area contributed by atoms with Crippen LogP contribution in [0.2, 0.25) is 0 Å². The highest BCUT2D eigenvalue weighted by molar-refractivity contribution is 6.03. The normalized spacial score (nSPS) is 15.4. The minimum Gasteiger partial charge on any atom is -0.478 e. The smallest absolute Gasteiger partial charge is 0.336 e. The fourth-order valence-corrected chi connectivity index (χ4v) is 2.21. The van der Waals surface area contributed by atoms with Gasteiger partial charge in [-0.2, -0.15) is 5.10 Å². The monoisotopic (exact) mass is 231 g/mol. The first-order chi connectivity index (χ1) is 8.08. The number of aromatic nitrogens is 3. The Labute approximate surface area is 98.1 Å². The van der Waals surface area contributed by atoms with Gasteiger partial charge in [-0.1, -0.05) is 0 Å². The third-order valence-corrected chi connectivity index (χ3v) is 3.14. The van der Waals surface area contributed by atoms with Crippen LogP contribution in [0, 0.1) is 6.92 Å². The lowest BCUT2D eigenvalue weighted by Gasteiger charge is -2.01. The summed E-state index contributed by atoms with van der Waals surface area (Å²) in [4.78, 5) is 15.7. The number of carboxylic acids is 1. The molecule has 0 bridgehead atoms. The van der Waals surface area contributed by atoms with E-state index < -0.39 is 5.97 Å². The first kappa shape index (κ1) is 10.3. The number of carboxylic acid groups (broad SMARTS) is 1. The largest absolute Gasteiger partial charge is 0.478 e. The zero-order valence-corrected chi connectivity index (χ0v) is 9.77. The van der Waals surface area contributed by atoms with Crippen LogP contribution in [0.25, 0.3) is 11.0 Å². The van der Waals surface area contributed by atoms with E-state index in [0.29, 0.717) is 28.2 Å². The first-order valence-corrected chi connectivity index (χ1v) is 5.65. The number of nitrogens with zero attached hydrogens (tertiary/aromatic N) is 3. The molecular weight excluding hydrogens is 218 g/mol. The summed E-state index contributed by atoms with van der Waals surface area (Å²) in [6.45, 7) is 1.80. The molecule has 1 aliphatic rings. The Morgan fingerprint density at radius 3 is 2.82 bits per heavy atom. The number of aryl methyl sites for hydroxylation is 2. The van der Waals surface area contributed by atoms with Crippen LogP contribution in [0.3, 0.4) is 0 Å². The highest BCUT2D eigenvalue weighted by Crippen LogP contribution is 2.42. The van der Waals surface area contributed by atoms with E-state index in [9.17, 15) is 9.90 Å². The third kappa shape index (κ3) is 1.50. The van der Waals surface area contributed by atoms with E-state index in [4.69, 9.17) is 0 Å². The zero-order chi connectivity index (χ0) is 12.2. The molecule has 1 aliphatic carbocycles. The first-order valence-electron chi connectivity index (χ1n) is 5.65. The van der Waals surface area contributed by atoms with E-state index in [2.05, 4.69) is 10.1 Å². The Bertz CT molecular complexity index is 626. The van der Waals surface area contributed by atoms with E-state index >= 15 is 0 Å². The highest BCUT2D eigenvalue weighted by atomic mass is 16.4. The second-order valence-corrected chi connectivity index (χ2v) is 4.60. The van der Waals surface area contributed by atoms with Gasteiger partial charge in [-0.25, -0.2) is 9.78 Å². The molecule has 0 amide bonds. The maximum absolute atomic E-state index is 11.3. The molecule has 0 atom stereocenters. The Hall–Kier alpha value is -1.91. The van der Waals surface area contributed by atoms with Crippen LogP contribution in [0.1, 0.15) is 40.5 Å². The quantitative estimate of drug-likeness (QED) is 0.856. The zero-order valence-electron chi connectivity index (χ0n) is 9.77. The molecule has 2 aromatic rings. The van der Waals surface area contributed by atoms with Crippen LogP contribution in [-0.4, -0.2) is 25.8 Å². The number of hydrogen-bond donors (Lipinski definition) is 1. The lowest BCUT2D eigenvalue weighted by Crippen LogP contribution is -2.01. The molecule has 0 radical (unpaired) electrons. The Balaban J connectivity index is 2.40. The van der Waals surface area contributed by atoms with Gasteiger partial charge in [-0.05, 0) is 25.8 Å². The fraction of sp³-hybridized carbons (Fsp3) is 0.417. The average molecular weight is 231 g/mol.